The first-order valence-electron chi connectivity index (χ1n) is 10.2. The van der Waals surface area contributed by atoms with Gasteiger partial charge in [0.2, 0.25) is 17.7 Å². The third-order valence-electron chi connectivity index (χ3n) is 4.55. The Hall–Kier alpha value is -3.18. The molecule has 0 aromatic heterocycles. The molecular weight excluding hydrogens is 420 g/mol. The van der Waals surface area contributed by atoms with Crippen LogP contribution in [0.3, 0.4) is 0 Å². The van der Waals surface area contributed by atoms with Crippen LogP contribution in [0.15, 0.2) is 24.3 Å². The molecule has 4 atom stereocenters. The van der Waals surface area contributed by atoms with Crippen LogP contribution in [0.5, 0.6) is 5.75 Å². The van der Waals surface area contributed by atoms with Gasteiger partial charge in [0.15, 0.2) is 0 Å². The van der Waals surface area contributed by atoms with Gasteiger partial charge in [-0.2, -0.15) is 0 Å². The van der Waals surface area contributed by atoms with Gasteiger partial charge in [0.05, 0.1) is 18.7 Å². The third kappa shape index (κ3) is 9.31. The number of amides is 3. The van der Waals surface area contributed by atoms with E-state index in [2.05, 4.69) is 16.0 Å². The van der Waals surface area contributed by atoms with Crippen molar-refractivity contribution in [1.82, 2.24) is 16.0 Å². The summed E-state index contributed by atoms with van der Waals surface area (Å²) in [6, 6.07) is 2.62. The molecule has 0 saturated carbocycles. The minimum absolute atomic E-state index is 0.0339. The number of phenolic OH excluding ortho intramolecular Hbond substituents is 1. The Kier molecular flexibility index (Phi) is 10.6. The Morgan fingerprint density at radius 2 is 1.59 bits per heavy atom. The number of aliphatic hydroxyl groups is 1. The lowest BCUT2D eigenvalue weighted by Crippen LogP contribution is -2.57. The van der Waals surface area contributed by atoms with Gasteiger partial charge in [-0.1, -0.05) is 26.0 Å². The molecular formula is C21H32N4O7. The van der Waals surface area contributed by atoms with Crippen molar-refractivity contribution in [2.24, 2.45) is 11.7 Å². The first-order valence-corrected chi connectivity index (χ1v) is 10.2. The fourth-order valence-corrected chi connectivity index (χ4v) is 2.86. The number of hydrogen-bond donors (Lipinski definition) is 7. The maximum atomic E-state index is 12.4. The number of benzene rings is 1. The van der Waals surface area contributed by atoms with E-state index in [1.54, 1.807) is 12.1 Å². The molecule has 178 valence electrons. The largest absolute Gasteiger partial charge is 0.508 e. The van der Waals surface area contributed by atoms with Crippen molar-refractivity contribution < 1.29 is 34.5 Å². The molecule has 0 aliphatic carbocycles. The zero-order valence-corrected chi connectivity index (χ0v) is 18.4. The minimum atomic E-state index is -1.37. The Balaban J connectivity index is 2.63. The first kappa shape index (κ1) is 26.9. The average Bonchev–Trinajstić information content (AvgIpc) is 2.70. The molecule has 4 unspecified atom stereocenters. The van der Waals surface area contributed by atoms with E-state index in [4.69, 9.17) is 5.73 Å². The molecule has 8 N–H and O–H groups in total. The minimum Gasteiger partial charge on any atom is -0.508 e. The number of carboxylic acids is 1. The van der Waals surface area contributed by atoms with Crippen LogP contribution in [0.2, 0.25) is 0 Å². The summed E-state index contributed by atoms with van der Waals surface area (Å²) in [5.74, 6) is -3.31. The van der Waals surface area contributed by atoms with E-state index >= 15 is 0 Å². The molecule has 0 saturated heterocycles. The third-order valence-corrected chi connectivity index (χ3v) is 4.55. The van der Waals surface area contributed by atoms with Gasteiger partial charge in [0.1, 0.15) is 17.8 Å². The maximum Gasteiger partial charge on any atom is 0.326 e. The highest BCUT2D eigenvalue weighted by Crippen LogP contribution is 2.11. The van der Waals surface area contributed by atoms with E-state index in [0.717, 1.165) is 0 Å². The van der Waals surface area contributed by atoms with Crippen molar-refractivity contribution in [3.05, 3.63) is 29.8 Å². The van der Waals surface area contributed by atoms with Gasteiger partial charge < -0.3 is 37.0 Å². The lowest BCUT2D eigenvalue weighted by Gasteiger charge is -2.23. The number of aliphatic hydroxyl groups excluding tert-OH is 1. The second-order valence-electron chi connectivity index (χ2n) is 8.01. The van der Waals surface area contributed by atoms with Gasteiger partial charge in [-0.25, -0.2) is 4.79 Å². The van der Waals surface area contributed by atoms with E-state index in [9.17, 15) is 34.5 Å². The van der Waals surface area contributed by atoms with Crippen molar-refractivity contribution in [2.75, 3.05) is 6.54 Å². The molecule has 0 fully saturated rings. The van der Waals surface area contributed by atoms with Crippen LogP contribution in [0.25, 0.3) is 0 Å². The molecule has 0 bridgehead atoms. The Morgan fingerprint density at radius 3 is 2.09 bits per heavy atom. The van der Waals surface area contributed by atoms with Crippen LogP contribution in [-0.2, 0) is 25.6 Å². The zero-order chi connectivity index (χ0) is 24.4. The van der Waals surface area contributed by atoms with E-state index < -0.39 is 54.5 Å². The van der Waals surface area contributed by atoms with Crippen molar-refractivity contribution in [3.63, 3.8) is 0 Å². The molecule has 1 aromatic rings. The highest BCUT2D eigenvalue weighted by molar-refractivity contribution is 5.93. The van der Waals surface area contributed by atoms with Crippen LogP contribution >= 0.6 is 0 Å². The number of aromatic hydroxyl groups is 1. The second kappa shape index (κ2) is 12.6. The molecule has 0 radical (unpaired) electrons. The smallest absolute Gasteiger partial charge is 0.326 e. The number of carbonyl (C=O) groups excluding carboxylic acids is 3. The Bertz CT molecular complexity index is 796. The molecule has 1 rings (SSSR count). The predicted octanol–water partition coefficient (Wildman–Crippen LogP) is -1.14. The van der Waals surface area contributed by atoms with Crippen LogP contribution in [0.4, 0.5) is 0 Å². The fraction of sp³-hybridized carbons (Fsp3) is 0.524. The van der Waals surface area contributed by atoms with Crippen molar-refractivity contribution in [1.29, 1.82) is 0 Å². The van der Waals surface area contributed by atoms with Crippen LogP contribution < -0.4 is 21.7 Å². The number of hydrogen-bond acceptors (Lipinski definition) is 7. The molecule has 0 aliphatic heterocycles. The fourth-order valence-electron chi connectivity index (χ4n) is 2.86. The lowest BCUT2D eigenvalue weighted by molar-refractivity contribution is -0.142. The molecule has 32 heavy (non-hydrogen) atoms. The zero-order valence-electron chi connectivity index (χ0n) is 18.4. The van der Waals surface area contributed by atoms with Crippen molar-refractivity contribution >= 4 is 23.7 Å². The van der Waals surface area contributed by atoms with Crippen molar-refractivity contribution in [3.8, 4) is 5.75 Å². The molecule has 0 spiro atoms. The van der Waals surface area contributed by atoms with Gasteiger partial charge in [0.25, 0.3) is 0 Å². The molecule has 3 amide bonds. The van der Waals surface area contributed by atoms with E-state index in [1.165, 1.54) is 19.1 Å². The van der Waals surface area contributed by atoms with E-state index in [1.807, 2.05) is 13.8 Å². The summed E-state index contributed by atoms with van der Waals surface area (Å²) in [7, 11) is 0. The lowest BCUT2D eigenvalue weighted by atomic mass is 10.0. The summed E-state index contributed by atoms with van der Waals surface area (Å²) in [6.07, 6.45) is -0.925. The molecule has 0 heterocycles. The standard InChI is InChI=1S/C21H32N4O7/c1-11(2)8-16(21(31)32)24-17(28)10-23-20(30)18(12(3)26)25-19(29)15(22)9-13-4-6-14(27)7-5-13/h4-7,11-12,15-16,18,26-27H,8-10,22H2,1-3H3,(H,23,30)(H,24,28)(H,25,29)(H,31,32). The number of phenols is 1. The second-order valence-corrected chi connectivity index (χ2v) is 8.01. The summed E-state index contributed by atoms with van der Waals surface area (Å²) < 4.78 is 0. The van der Waals surface area contributed by atoms with E-state index in [-0.39, 0.29) is 24.5 Å². The number of rotatable bonds is 12. The molecule has 11 heteroatoms. The van der Waals surface area contributed by atoms with Gasteiger partial charge in [0, 0.05) is 0 Å². The average molecular weight is 453 g/mol. The number of nitrogens with one attached hydrogen (secondary N) is 3. The topological polar surface area (TPSA) is 191 Å². The highest BCUT2D eigenvalue weighted by Gasteiger charge is 2.28. The quantitative estimate of drug-likeness (QED) is 0.207. The SMILES string of the molecule is CC(C)CC(NC(=O)CNC(=O)C(NC(=O)C(N)Cc1ccc(O)cc1)C(C)O)C(=O)O. The van der Waals surface area contributed by atoms with E-state index in [0.29, 0.717) is 5.56 Å². The van der Waals surface area contributed by atoms with Gasteiger partial charge >= 0.3 is 5.97 Å². The molecule has 11 nitrogen and oxygen atoms in total. The van der Waals surface area contributed by atoms with Crippen LogP contribution in [0, 0.1) is 5.92 Å². The van der Waals surface area contributed by atoms with Gasteiger partial charge in [-0.15, -0.1) is 0 Å². The first-order chi connectivity index (χ1) is 14.9. The van der Waals surface area contributed by atoms with Gasteiger partial charge in [-0.05, 0) is 43.4 Å². The predicted molar refractivity (Wildman–Crippen MR) is 115 cm³/mol. The summed E-state index contributed by atoms with van der Waals surface area (Å²) in [4.78, 5) is 48.0. The normalized spacial score (nSPS) is 14.7. The highest BCUT2D eigenvalue weighted by atomic mass is 16.4. The summed E-state index contributed by atoms with van der Waals surface area (Å²) in [6.45, 7) is 4.39. The van der Waals surface area contributed by atoms with Crippen LogP contribution in [-0.4, -0.2) is 69.8 Å². The summed E-state index contributed by atoms with van der Waals surface area (Å²) in [5, 5.41) is 35.3. The van der Waals surface area contributed by atoms with Crippen LogP contribution in [0.1, 0.15) is 32.8 Å². The molecule has 0 aliphatic rings. The summed E-state index contributed by atoms with van der Waals surface area (Å²) >= 11 is 0. The van der Waals surface area contributed by atoms with Gasteiger partial charge in [-0.3, -0.25) is 14.4 Å². The Morgan fingerprint density at radius 1 is 1.00 bits per heavy atom. The Labute approximate surface area is 186 Å². The van der Waals surface area contributed by atoms with Crippen molar-refractivity contribution in [2.45, 2.75) is 57.8 Å². The summed E-state index contributed by atoms with van der Waals surface area (Å²) in [5.41, 5.74) is 6.56. The molecule has 1 aromatic carbocycles. The number of aliphatic carboxylic acids is 1. The monoisotopic (exact) mass is 452 g/mol. The number of carboxylic acid groups (broad SMARTS) is 1. The maximum absolute atomic E-state index is 12.4. The number of nitrogens with two attached hydrogens (primary N) is 1. The number of carbonyl (C=O) groups is 4.